The maximum atomic E-state index is 11.9. The van der Waals surface area contributed by atoms with Crippen LogP contribution in [0.2, 0.25) is 0 Å². The maximum Gasteiger partial charge on any atom is 0.412 e. The summed E-state index contributed by atoms with van der Waals surface area (Å²) in [5, 5.41) is 26.1. The van der Waals surface area contributed by atoms with Crippen molar-refractivity contribution >= 4 is 17.7 Å². The monoisotopic (exact) mass is 414 g/mol. The number of carboxylic acid groups (broad SMARTS) is 1. The van der Waals surface area contributed by atoms with Crippen LogP contribution in [-0.4, -0.2) is 57.3 Å². The molecule has 0 unspecified atom stereocenters. The van der Waals surface area contributed by atoms with Gasteiger partial charge in [0.2, 0.25) is 5.91 Å². The Bertz CT molecular complexity index is 957. The van der Waals surface area contributed by atoms with Crippen molar-refractivity contribution in [3.05, 3.63) is 30.1 Å². The average Bonchev–Trinajstić information content (AvgIpc) is 3.34. The van der Waals surface area contributed by atoms with E-state index in [2.05, 4.69) is 10.4 Å². The Morgan fingerprint density at radius 3 is 2.87 bits per heavy atom. The highest BCUT2D eigenvalue weighted by Gasteiger charge is 2.32. The van der Waals surface area contributed by atoms with E-state index in [-0.39, 0.29) is 24.6 Å². The summed E-state index contributed by atoms with van der Waals surface area (Å²) in [6.45, 7) is 2.60. The third kappa shape index (κ3) is 3.85. The van der Waals surface area contributed by atoms with Gasteiger partial charge in [0.1, 0.15) is 12.4 Å². The van der Waals surface area contributed by atoms with Gasteiger partial charge in [-0.3, -0.25) is 14.4 Å². The Morgan fingerprint density at radius 2 is 2.17 bits per heavy atom. The van der Waals surface area contributed by atoms with Crippen LogP contribution in [-0.2, 0) is 17.8 Å². The van der Waals surface area contributed by atoms with Crippen LogP contribution in [0.25, 0.3) is 11.1 Å². The van der Waals surface area contributed by atoms with E-state index in [0.717, 1.165) is 23.1 Å². The van der Waals surface area contributed by atoms with Crippen LogP contribution in [0.15, 0.2) is 24.5 Å². The number of aliphatic hydroxyl groups is 1. The second-order valence-corrected chi connectivity index (χ2v) is 7.81. The minimum Gasteiger partial charge on any atom is -0.490 e. The fourth-order valence-corrected chi connectivity index (χ4v) is 4.20. The van der Waals surface area contributed by atoms with Crippen molar-refractivity contribution < 1.29 is 24.5 Å². The molecule has 2 amide bonds. The van der Waals surface area contributed by atoms with Gasteiger partial charge in [0.05, 0.1) is 31.1 Å². The number of nitrogens with zero attached hydrogens (tertiary/aromatic N) is 3. The smallest absolute Gasteiger partial charge is 0.412 e. The van der Waals surface area contributed by atoms with E-state index in [9.17, 15) is 14.7 Å². The Labute approximate surface area is 174 Å². The molecule has 1 fully saturated rings. The van der Waals surface area contributed by atoms with Crippen LogP contribution in [0, 0.1) is 0 Å². The number of fused-ring (bicyclic) bond motifs is 1. The van der Waals surface area contributed by atoms with E-state index in [4.69, 9.17) is 9.84 Å². The fraction of sp³-hybridized carbons (Fsp3) is 0.476. The van der Waals surface area contributed by atoms with Gasteiger partial charge in [0.15, 0.2) is 0 Å². The van der Waals surface area contributed by atoms with Gasteiger partial charge in [0, 0.05) is 35.3 Å². The van der Waals surface area contributed by atoms with E-state index >= 15 is 0 Å². The van der Waals surface area contributed by atoms with E-state index in [1.807, 2.05) is 25.3 Å². The van der Waals surface area contributed by atoms with Gasteiger partial charge in [-0.1, -0.05) is 0 Å². The first-order valence-corrected chi connectivity index (χ1v) is 10.2. The minimum atomic E-state index is -0.985. The van der Waals surface area contributed by atoms with Crippen molar-refractivity contribution in [3.63, 3.8) is 0 Å². The lowest BCUT2D eigenvalue weighted by atomic mass is 9.92. The lowest BCUT2D eigenvalue weighted by molar-refractivity contribution is -0.119. The van der Waals surface area contributed by atoms with Crippen LogP contribution in [0.3, 0.4) is 0 Å². The van der Waals surface area contributed by atoms with Crippen LogP contribution >= 0.6 is 0 Å². The van der Waals surface area contributed by atoms with Crippen LogP contribution in [0.4, 0.5) is 10.5 Å². The van der Waals surface area contributed by atoms with Crippen LogP contribution in [0.5, 0.6) is 5.75 Å². The van der Waals surface area contributed by atoms with Gasteiger partial charge in [-0.15, -0.1) is 0 Å². The van der Waals surface area contributed by atoms with Crippen molar-refractivity contribution in [2.24, 2.45) is 0 Å². The van der Waals surface area contributed by atoms with Gasteiger partial charge >= 0.3 is 6.09 Å². The third-order valence-electron chi connectivity index (χ3n) is 5.74. The molecule has 3 N–H and O–H groups in total. The highest BCUT2D eigenvalue weighted by Crippen LogP contribution is 2.43. The normalized spacial score (nSPS) is 20.7. The van der Waals surface area contributed by atoms with Crippen LogP contribution < -0.4 is 15.0 Å². The van der Waals surface area contributed by atoms with Crippen molar-refractivity contribution in [2.45, 2.75) is 51.2 Å². The molecule has 4 rings (SSSR count). The molecule has 1 aromatic heterocycles. The standard InChI is InChI=1S/C21H26N4O5/c1-13-2-4-17-18(25(13)21(28)29)6-5-16(14-10-22-24(11-14)8-9-26)20(17)30-12-15-3-7-19(27)23-15/h5-6,10-11,13,15,26H,2-4,7-9,12H2,1H3,(H,23,27)(H,28,29)/t13-,15+/m0/s1. The first kappa shape index (κ1) is 20.2. The molecule has 0 spiro atoms. The van der Waals surface area contributed by atoms with E-state index in [1.54, 1.807) is 10.9 Å². The van der Waals surface area contributed by atoms with E-state index < -0.39 is 6.09 Å². The molecule has 2 aliphatic heterocycles. The number of hydrogen-bond acceptors (Lipinski definition) is 5. The third-order valence-corrected chi connectivity index (χ3v) is 5.74. The lowest BCUT2D eigenvalue weighted by Gasteiger charge is -2.34. The summed E-state index contributed by atoms with van der Waals surface area (Å²) in [6, 6.07) is 3.50. The molecule has 2 aromatic rings. The first-order valence-electron chi connectivity index (χ1n) is 10.2. The highest BCUT2D eigenvalue weighted by molar-refractivity contribution is 5.91. The first-order chi connectivity index (χ1) is 14.5. The summed E-state index contributed by atoms with van der Waals surface area (Å²) in [7, 11) is 0. The minimum absolute atomic E-state index is 0.0124. The predicted molar refractivity (Wildman–Crippen MR) is 110 cm³/mol. The average molecular weight is 414 g/mol. The number of carbonyl (C=O) groups is 2. The molecule has 0 aliphatic carbocycles. The number of carbonyl (C=O) groups excluding carboxylic acids is 1. The summed E-state index contributed by atoms with van der Waals surface area (Å²) in [4.78, 5) is 24.8. The summed E-state index contributed by atoms with van der Waals surface area (Å²) < 4.78 is 7.89. The number of hydrogen-bond donors (Lipinski definition) is 3. The summed E-state index contributed by atoms with van der Waals surface area (Å²) in [5.41, 5.74) is 3.14. The van der Waals surface area contributed by atoms with E-state index in [0.29, 0.717) is 43.9 Å². The Balaban J connectivity index is 1.73. The number of amides is 2. The molecule has 160 valence electrons. The zero-order chi connectivity index (χ0) is 21.3. The molecule has 3 heterocycles. The maximum absolute atomic E-state index is 11.9. The quantitative estimate of drug-likeness (QED) is 0.666. The number of ether oxygens (including phenoxy) is 1. The SMILES string of the molecule is C[C@H]1CCc2c(ccc(-c3cnn(CCO)c3)c2OC[C@H]2CCC(=O)N2)N1C(=O)O. The lowest BCUT2D eigenvalue weighted by Crippen LogP contribution is -2.41. The Kier molecular flexibility index (Phi) is 5.63. The zero-order valence-corrected chi connectivity index (χ0v) is 16.9. The summed E-state index contributed by atoms with van der Waals surface area (Å²) in [5.74, 6) is 0.658. The number of benzene rings is 1. The number of aliphatic hydroxyl groups excluding tert-OH is 1. The summed E-state index contributed by atoms with van der Waals surface area (Å²) in [6.07, 6.45) is 5.17. The van der Waals surface area contributed by atoms with Crippen molar-refractivity contribution in [1.82, 2.24) is 15.1 Å². The molecule has 2 atom stereocenters. The molecule has 2 aliphatic rings. The molecule has 0 bridgehead atoms. The van der Waals surface area contributed by atoms with E-state index in [1.165, 1.54) is 4.90 Å². The second kappa shape index (κ2) is 8.35. The number of rotatable bonds is 6. The highest BCUT2D eigenvalue weighted by atomic mass is 16.5. The van der Waals surface area contributed by atoms with Crippen LogP contribution in [0.1, 0.15) is 31.7 Å². The molecule has 0 saturated carbocycles. The molecular weight excluding hydrogens is 388 g/mol. The largest absolute Gasteiger partial charge is 0.490 e. The van der Waals surface area contributed by atoms with Crippen molar-refractivity contribution in [1.29, 1.82) is 0 Å². The topological polar surface area (TPSA) is 117 Å². The van der Waals surface area contributed by atoms with Crippen molar-refractivity contribution in [2.75, 3.05) is 18.1 Å². The Morgan fingerprint density at radius 1 is 1.33 bits per heavy atom. The second-order valence-electron chi connectivity index (χ2n) is 7.81. The molecule has 9 nitrogen and oxygen atoms in total. The fourth-order valence-electron chi connectivity index (χ4n) is 4.20. The van der Waals surface area contributed by atoms with Gasteiger partial charge in [-0.25, -0.2) is 4.79 Å². The van der Waals surface area contributed by atoms with Gasteiger partial charge < -0.3 is 20.3 Å². The van der Waals surface area contributed by atoms with Gasteiger partial charge in [-0.05, 0) is 38.3 Å². The van der Waals surface area contributed by atoms with Gasteiger partial charge in [-0.2, -0.15) is 5.10 Å². The summed E-state index contributed by atoms with van der Waals surface area (Å²) >= 11 is 0. The number of anilines is 1. The molecule has 30 heavy (non-hydrogen) atoms. The van der Waals surface area contributed by atoms with Gasteiger partial charge in [0.25, 0.3) is 0 Å². The molecule has 0 radical (unpaired) electrons. The van der Waals surface area contributed by atoms with Crippen molar-refractivity contribution in [3.8, 4) is 16.9 Å². The number of nitrogens with one attached hydrogen (secondary N) is 1. The molecular formula is C21H26N4O5. The molecule has 1 saturated heterocycles. The number of aromatic nitrogens is 2. The molecule has 1 aromatic carbocycles. The molecule has 9 heteroatoms. The Hall–Kier alpha value is -3.07. The predicted octanol–water partition coefficient (Wildman–Crippen LogP) is 2.02. The zero-order valence-electron chi connectivity index (χ0n) is 16.9.